The fraction of sp³-hybridized carbons (Fsp3) is 0.455. The Labute approximate surface area is 94.9 Å². The van der Waals surface area contributed by atoms with Crippen molar-refractivity contribution in [3.63, 3.8) is 0 Å². The zero-order valence-corrected chi connectivity index (χ0v) is 9.19. The molecule has 0 fully saturated rings. The topological polar surface area (TPSA) is 78.6 Å². The van der Waals surface area contributed by atoms with Gasteiger partial charge >= 0.3 is 11.9 Å². The number of ether oxygens (including phenoxy) is 2. The van der Waals surface area contributed by atoms with E-state index in [9.17, 15) is 9.59 Å². The van der Waals surface area contributed by atoms with E-state index in [1.54, 1.807) is 0 Å². The van der Waals surface area contributed by atoms with Gasteiger partial charge in [0.25, 0.3) is 0 Å². The molecule has 0 aromatic rings. The minimum Gasteiger partial charge on any atom is -0.461 e. The molecule has 0 unspecified atom stereocenters. The molecule has 0 aliphatic rings. The first-order chi connectivity index (χ1) is 7.61. The summed E-state index contributed by atoms with van der Waals surface area (Å²) in [6, 6.07) is -0.809. The summed E-state index contributed by atoms with van der Waals surface area (Å²) in [5.41, 5.74) is 5.50. The summed E-state index contributed by atoms with van der Waals surface area (Å²) in [6.45, 7) is 7.08. The minimum atomic E-state index is -0.809. The van der Waals surface area contributed by atoms with Crippen LogP contribution >= 0.6 is 0 Å². The van der Waals surface area contributed by atoms with Crippen LogP contribution in [-0.4, -0.2) is 31.2 Å². The van der Waals surface area contributed by atoms with E-state index in [4.69, 9.17) is 15.2 Å². The van der Waals surface area contributed by atoms with Gasteiger partial charge in [-0.3, -0.25) is 9.59 Å². The molecule has 0 aliphatic heterocycles. The van der Waals surface area contributed by atoms with E-state index in [1.807, 2.05) is 0 Å². The molecule has 0 heterocycles. The Bertz CT molecular complexity index is 263. The van der Waals surface area contributed by atoms with Gasteiger partial charge < -0.3 is 15.2 Å². The first-order valence-corrected chi connectivity index (χ1v) is 4.91. The minimum absolute atomic E-state index is 0.0815. The molecular formula is C11H17NO4. The molecule has 90 valence electrons. The standard InChI is InChI=1S/C11H17NO4/c1-3-7-15-10(13)6-5-9(12)11(14)16-8-4-2/h3-4,9H,1-2,5-8,12H2/t9-/m1/s1. The Morgan fingerprint density at radius 2 is 1.75 bits per heavy atom. The molecule has 16 heavy (non-hydrogen) atoms. The van der Waals surface area contributed by atoms with Gasteiger partial charge in [-0.05, 0) is 6.42 Å². The maximum absolute atomic E-state index is 11.2. The largest absolute Gasteiger partial charge is 0.461 e. The molecule has 0 spiro atoms. The van der Waals surface area contributed by atoms with Gasteiger partial charge in [0, 0.05) is 6.42 Å². The molecule has 0 aromatic heterocycles. The second-order valence-electron chi connectivity index (χ2n) is 3.04. The summed E-state index contributed by atoms with van der Waals surface area (Å²) < 4.78 is 9.44. The summed E-state index contributed by atoms with van der Waals surface area (Å²) in [5.74, 6) is -0.955. The van der Waals surface area contributed by atoms with Crippen molar-refractivity contribution < 1.29 is 19.1 Å². The Balaban J connectivity index is 3.74. The average Bonchev–Trinajstić information content (AvgIpc) is 2.30. The zero-order chi connectivity index (χ0) is 12.4. The molecule has 2 N–H and O–H groups in total. The van der Waals surface area contributed by atoms with Crippen molar-refractivity contribution in [3.05, 3.63) is 25.3 Å². The molecule has 0 radical (unpaired) electrons. The Hall–Kier alpha value is -1.62. The smallest absolute Gasteiger partial charge is 0.323 e. The van der Waals surface area contributed by atoms with E-state index in [0.717, 1.165) is 0 Å². The van der Waals surface area contributed by atoms with Crippen molar-refractivity contribution in [1.82, 2.24) is 0 Å². The number of esters is 2. The van der Waals surface area contributed by atoms with Crippen LogP contribution in [-0.2, 0) is 19.1 Å². The Morgan fingerprint density at radius 3 is 2.31 bits per heavy atom. The van der Waals surface area contributed by atoms with Crippen LogP contribution in [0.5, 0.6) is 0 Å². The van der Waals surface area contributed by atoms with Gasteiger partial charge in [0.1, 0.15) is 19.3 Å². The van der Waals surface area contributed by atoms with Crippen LogP contribution in [0.15, 0.2) is 25.3 Å². The zero-order valence-electron chi connectivity index (χ0n) is 9.19. The van der Waals surface area contributed by atoms with Crippen molar-refractivity contribution in [1.29, 1.82) is 0 Å². The normalized spacial score (nSPS) is 11.3. The second-order valence-corrected chi connectivity index (χ2v) is 3.04. The van der Waals surface area contributed by atoms with Crippen LogP contribution in [0.1, 0.15) is 12.8 Å². The third-order valence-corrected chi connectivity index (χ3v) is 1.67. The lowest BCUT2D eigenvalue weighted by Crippen LogP contribution is -2.33. The van der Waals surface area contributed by atoms with Crippen LogP contribution in [0.25, 0.3) is 0 Å². The van der Waals surface area contributed by atoms with Gasteiger partial charge in [-0.1, -0.05) is 25.3 Å². The summed E-state index contributed by atoms with van der Waals surface area (Å²) in [7, 11) is 0. The lowest BCUT2D eigenvalue weighted by molar-refractivity contribution is -0.145. The van der Waals surface area contributed by atoms with E-state index in [2.05, 4.69) is 13.2 Å². The van der Waals surface area contributed by atoms with Crippen LogP contribution in [0, 0.1) is 0 Å². The van der Waals surface area contributed by atoms with E-state index in [-0.39, 0.29) is 26.1 Å². The van der Waals surface area contributed by atoms with E-state index >= 15 is 0 Å². The molecule has 0 amide bonds. The van der Waals surface area contributed by atoms with Gasteiger partial charge in [0.15, 0.2) is 0 Å². The molecule has 1 atom stereocenters. The molecule has 5 nitrogen and oxygen atoms in total. The monoisotopic (exact) mass is 227 g/mol. The molecular weight excluding hydrogens is 210 g/mol. The quantitative estimate of drug-likeness (QED) is 0.484. The number of hydrogen-bond donors (Lipinski definition) is 1. The summed E-state index contributed by atoms with van der Waals surface area (Å²) >= 11 is 0. The van der Waals surface area contributed by atoms with Crippen molar-refractivity contribution in [2.24, 2.45) is 5.73 Å². The lowest BCUT2D eigenvalue weighted by atomic mass is 10.2. The summed E-state index contributed by atoms with van der Waals surface area (Å²) in [5, 5.41) is 0. The molecule has 5 heteroatoms. The highest BCUT2D eigenvalue weighted by Crippen LogP contribution is 1.99. The fourth-order valence-electron chi connectivity index (χ4n) is 0.863. The fourth-order valence-corrected chi connectivity index (χ4v) is 0.863. The van der Waals surface area contributed by atoms with Crippen molar-refractivity contribution >= 4 is 11.9 Å². The lowest BCUT2D eigenvalue weighted by Gasteiger charge is -2.09. The first-order valence-electron chi connectivity index (χ1n) is 4.91. The van der Waals surface area contributed by atoms with Crippen LogP contribution in [0.3, 0.4) is 0 Å². The maximum atomic E-state index is 11.2. The van der Waals surface area contributed by atoms with Gasteiger partial charge in [-0.15, -0.1) is 0 Å². The number of carbonyl (C=O) groups excluding carboxylic acids is 2. The van der Waals surface area contributed by atoms with Gasteiger partial charge in [0.2, 0.25) is 0 Å². The summed E-state index contributed by atoms with van der Waals surface area (Å²) in [6.07, 6.45) is 3.20. The molecule has 0 rings (SSSR count). The maximum Gasteiger partial charge on any atom is 0.323 e. The van der Waals surface area contributed by atoms with E-state index in [1.165, 1.54) is 12.2 Å². The third kappa shape index (κ3) is 6.78. The van der Waals surface area contributed by atoms with E-state index < -0.39 is 18.0 Å². The third-order valence-electron chi connectivity index (χ3n) is 1.67. The van der Waals surface area contributed by atoms with Crippen molar-refractivity contribution in [2.45, 2.75) is 18.9 Å². The van der Waals surface area contributed by atoms with Crippen molar-refractivity contribution in [2.75, 3.05) is 13.2 Å². The molecule has 0 saturated heterocycles. The average molecular weight is 227 g/mol. The molecule has 0 aromatic carbocycles. The van der Waals surface area contributed by atoms with Crippen LogP contribution in [0.2, 0.25) is 0 Å². The predicted molar refractivity (Wildman–Crippen MR) is 59.5 cm³/mol. The highest BCUT2D eigenvalue weighted by atomic mass is 16.5. The predicted octanol–water partition coefficient (Wildman–Crippen LogP) is 0.552. The highest BCUT2D eigenvalue weighted by Gasteiger charge is 2.16. The van der Waals surface area contributed by atoms with E-state index in [0.29, 0.717) is 0 Å². The highest BCUT2D eigenvalue weighted by molar-refractivity contribution is 5.77. The Kier molecular flexibility index (Phi) is 7.79. The van der Waals surface area contributed by atoms with Gasteiger partial charge in [-0.25, -0.2) is 0 Å². The van der Waals surface area contributed by atoms with Crippen molar-refractivity contribution in [3.8, 4) is 0 Å². The number of rotatable bonds is 8. The SMILES string of the molecule is C=CCOC(=O)CC[C@@H](N)C(=O)OCC=C. The Morgan fingerprint density at radius 1 is 1.19 bits per heavy atom. The number of nitrogens with two attached hydrogens (primary N) is 1. The number of hydrogen-bond acceptors (Lipinski definition) is 5. The second kappa shape index (κ2) is 8.67. The van der Waals surface area contributed by atoms with Crippen LogP contribution in [0.4, 0.5) is 0 Å². The molecule has 0 saturated carbocycles. The van der Waals surface area contributed by atoms with Crippen LogP contribution < -0.4 is 5.73 Å². The first kappa shape index (κ1) is 14.4. The molecule has 0 bridgehead atoms. The molecule has 0 aliphatic carbocycles. The number of carbonyl (C=O) groups is 2. The summed E-state index contributed by atoms with van der Waals surface area (Å²) in [4.78, 5) is 22.2. The van der Waals surface area contributed by atoms with Gasteiger partial charge in [-0.2, -0.15) is 0 Å². The van der Waals surface area contributed by atoms with Gasteiger partial charge in [0.05, 0.1) is 0 Å².